The molecule has 0 saturated heterocycles. The second kappa shape index (κ2) is 8.24. The number of hydrogen-bond acceptors (Lipinski definition) is 4. The molecule has 2 aromatic carbocycles. The lowest BCUT2D eigenvalue weighted by Gasteiger charge is -2.13. The van der Waals surface area contributed by atoms with Gasteiger partial charge in [-0.05, 0) is 24.6 Å². The third-order valence-electron chi connectivity index (χ3n) is 4.89. The van der Waals surface area contributed by atoms with Gasteiger partial charge in [-0.15, -0.1) is 0 Å². The number of rotatable bonds is 6. The quantitative estimate of drug-likeness (QED) is 0.536. The molecule has 0 unspecified atom stereocenters. The van der Waals surface area contributed by atoms with Crippen LogP contribution in [0.3, 0.4) is 0 Å². The Morgan fingerprint density at radius 1 is 1.03 bits per heavy atom. The third kappa shape index (κ3) is 4.10. The summed E-state index contributed by atoms with van der Waals surface area (Å²) in [6, 6.07) is 19.7. The fraction of sp³-hybridized carbons (Fsp3) is 0.174. The van der Waals surface area contributed by atoms with E-state index in [0.29, 0.717) is 12.3 Å². The van der Waals surface area contributed by atoms with Gasteiger partial charge in [0.25, 0.3) is 5.56 Å². The van der Waals surface area contributed by atoms with E-state index in [-0.39, 0.29) is 6.54 Å². The zero-order chi connectivity index (χ0) is 21.1. The summed E-state index contributed by atoms with van der Waals surface area (Å²) in [6.45, 7) is 1.74. The molecule has 0 aliphatic carbocycles. The van der Waals surface area contributed by atoms with Crippen LogP contribution in [0.15, 0.2) is 86.9 Å². The van der Waals surface area contributed by atoms with Gasteiger partial charge in [0, 0.05) is 17.6 Å². The number of furan rings is 1. The van der Waals surface area contributed by atoms with E-state index in [0.717, 1.165) is 21.1 Å². The van der Waals surface area contributed by atoms with Crippen molar-refractivity contribution in [1.82, 2.24) is 14.5 Å². The Kier molecular flexibility index (Phi) is 5.34. The van der Waals surface area contributed by atoms with Crippen molar-refractivity contribution in [2.75, 3.05) is 0 Å². The molecular formula is C23H21N3O4. The molecular weight excluding hydrogens is 382 g/mol. The Balaban J connectivity index is 1.50. The number of para-hydroxylation sites is 1. The van der Waals surface area contributed by atoms with Gasteiger partial charge in [0.1, 0.15) is 17.9 Å². The minimum Gasteiger partial charge on any atom is -0.459 e. The molecule has 0 saturated carbocycles. The van der Waals surface area contributed by atoms with Crippen LogP contribution < -0.4 is 16.6 Å². The lowest BCUT2D eigenvalue weighted by Crippen LogP contribution is -2.43. The van der Waals surface area contributed by atoms with E-state index < -0.39 is 23.2 Å². The zero-order valence-corrected chi connectivity index (χ0v) is 16.4. The first-order valence-electron chi connectivity index (χ1n) is 9.63. The van der Waals surface area contributed by atoms with Crippen molar-refractivity contribution < 1.29 is 9.21 Å². The minimum atomic E-state index is -0.530. The van der Waals surface area contributed by atoms with Crippen LogP contribution in [0.2, 0.25) is 0 Å². The normalized spacial score (nSPS) is 12.0. The van der Waals surface area contributed by atoms with Gasteiger partial charge in [-0.25, -0.2) is 4.79 Å². The maximum absolute atomic E-state index is 12.7. The fourth-order valence-electron chi connectivity index (χ4n) is 3.32. The second-order valence-corrected chi connectivity index (χ2v) is 7.11. The first-order chi connectivity index (χ1) is 14.5. The molecule has 0 fully saturated rings. The summed E-state index contributed by atoms with van der Waals surface area (Å²) in [4.78, 5) is 37.5. The molecule has 2 aromatic heterocycles. The maximum atomic E-state index is 12.7. The van der Waals surface area contributed by atoms with E-state index in [9.17, 15) is 14.4 Å². The van der Waals surface area contributed by atoms with Crippen LogP contribution in [0.5, 0.6) is 0 Å². The number of benzene rings is 2. The number of aromatic nitrogens is 2. The molecule has 7 nitrogen and oxygen atoms in total. The standard InChI is InChI=1S/C23H21N3O4/c1-16(20-13-18-9-5-6-10-19(18)30-20)24-21(27)15-26-22(28)11-12-25(23(26)29)14-17-7-3-2-4-8-17/h2-13,16H,14-15H2,1H3,(H,24,27)/t16-/m0/s1. The number of nitrogens with zero attached hydrogens (tertiary/aromatic N) is 2. The Morgan fingerprint density at radius 2 is 1.77 bits per heavy atom. The maximum Gasteiger partial charge on any atom is 0.331 e. The van der Waals surface area contributed by atoms with E-state index in [4.69, 9.17) is 4.42 Å². The molecule has 7 heteroatoms. The van der Waals surface area contributed by atoms with Crippen LogP contribution in [0.4, 0.5) is 0 Å². The molecule has 1 N–H and O–H groups in total. The molecule has 4 aromatic rings. The van der Waals surface area contributed by atoms with Gasteiger partial charge >= 0.3 is 5.69 Å². The highest BCUT2D eigenvalue weighted by Crippen LogP contribution is 2.23. The summed E-state index contributed by atoms with van der Waals surface area (Å²) in [5.41, 5.74) is 0.609. The number of amides is 1. The van der Waals surface area contributed by atoms with E-state index in [1.807, 2.05) is 60.7 Å². The average Bonchev–Trinajstić information content (AvgIpc) is 3.18. The Labute approximate surface area is 172 Å². The van der Waals surface area contributed by atoms with Gasteiger partial charge in [0.05, 0.1) is 12.6 Å². The van der Waals surface area contributed by atoms with Gasteiger partial charge in [0.2, 0.25) is 5.91 Å². The molecule has 0 radical (unpaired) electrons. The van der Waals surface area contributed by atoms with Gasteiger partial charge in [-0.3, -0.25) is 18.7 Å². The fourth-order valence-corrected chi connectivity index (χ4v) is 3.32. The van der Waals surface area contributed by atoms with Crippen molar-refractivity contribution in [3.63, 3.8) is 0 Å². The number of hydrogen-bond donors (Lipinski definition) is 1. The van der Waals surface area contributed by atoms with Gasteiger partial charge in [-0.1, -0.05) is 48.5 Å². The smallest absolute Gasteiger partial charge is 0.331 e. The molecule has 1 amide bonds. The van der Waals surface area contributed by atoms with Crippen LogP contribution in [-0.4, -0.2) is 15.0 Å². The minimum absolute atomic E-state index is 0.316. The van der Waals surface area contributed by atoms with Gasteiger partial charge in [-0.2, -0.15) is 0 Å². The highest BCUT2D eigenvalue weighted by Gasteiger charge is 2.16. The summed E-state index contributed by atoms with van der Waals surface area (Å²) in [7, 11) is 0. The molecule has 2 heterocycles. The summed E-state index contributed by atoms with van der Waals surface area (Å²) in [5, 5.41) is 3.73. The molecule has 0 bridgehead atoms. The van der Waals surface area contributed by atoms with Crippen LogP contribution >= 0.6 is 0 Å². The van der Waals surface area contributed by atoms with Crippen molar-refractivity contribution >= 4 is 16.9 Å². The van der Waals surface area contributed by atoms with E-state index in [2.05, 4.69) is 5.32 Å². The summed E-state index contributed by atoms with van der Waals surface area (Å²) in [6.07, 6.45) is 1.45. The Hall–Kier alpha value is -3.87. The van der Waals surface area contributed by atoms with E-state index in [1.54, 1.807) is 6.92 Å². The lowest BCUT2D eigenvalue weighted by atomic mass is 10.2. The third-order valence-corrected chi connectivity index (χ3v) is 4.89. The summed E-state index contributed by atoms with van der Waals surface area (Å²) < 4.78 is 8.11. The predicted molar refractivity (Wildman–Crippen MR) is 113 cm³/mol. The summed E-state index contributed by atoms with van der Waals surface area (Å²) >= 11 is 0. The Morgan fingerprint density at radius 3 is 2.53 bits per heavy atom. The molecule has 0 aliphatic heterocycles. The van der Waals surface area contributed by atoms with Crippen molar-refractivity contribution in [1.29, 1.82) is 0 Å². The van der Waals surface area contributed by atoms with E-state index >= 15 is 0 Å². The predicted octanol–water partition coefficient (Wildman–Crippen LogP) is 2.68. The largest absolute Gasteiger partial charge is 0.459 e. The number of fused-ring (bicyclic) bond motifs is 1. The van der Waals surface area contributed by atoms with Crippen molar-refractivity contribution in [2.24, 2.45) is 0 Å². The first kappa shape index (κ1) is 19.4. The van der Waals surface area contributed by atoms with Crippen LogP contribution in [0.25, 0.3) is 11.0 Å². The Bertz CT molecular complexity index is 1270. The van der Waals surface area contributed by atoms with Crippen molar-refractivity contribution in [3.05, 3.63) is 105 Å². The molecule has 30 heavy (non-hydrogen) atoms. The first-order valence-corrected chi connectivity index (χ1v) is 9.63. The van der Waals surface area contributed by atoms with Crippen LogP contribution in [-0.2, 0) is 17.9 Å². The lowest BCUT2D eigenvalue weighted by molar-refractivity contribution is -0.122. The highest BCUT2D eigenvalue weighted by atomic mass is 16.3. The SMILES string of the molecule is C[C@H](NC(=O)Cn1c(=O)ccn(Cc2ccccc2)c1=O)c1cc2ccccc2o1. The molecule has 1 atom stereocenters. The molecule has 0 aliphatic rings. The number of carbonyl (C=O) groups excluding carboxylic acids is 1. The average molecular weight is 403 g/mol. The topological polar surface area (TPSA) is 86.2 Å². The monoisotopic (exact) mass is 403 g/mol. The summed E-state index contributed by atoms with van der Waals surface area (Å²) in [5.74, 6) is 0.158. The van der Waals surface area contributed by atoms with Crippen molar-refractivity contribution in [2.45, 2.75) is 26.1 Å². The molecule has 4 rings (SSSR count). The van der Waals surface area contributed by atoms with Crippen LogP contribution in [0, 0.1) is 0 Å². The molecule has 0 spiro atoms. The molecule has 152 valence electrons. The number of carbonyl (C=O) groups is 1. The van der Waals surface area contributed by atoms with Gasteiger partial charge < -0.3 is 9.73 Å². The highest BCUT2D eigenvalue weighted by molar-refractivity contribution is 5.79. The van der Waals surface area contributed by atoms with Gasteiger partial charge in [0.15, 0.2) is 0 Å². The van der Waals surface area contributed by atoms with Crippen LogP contribution in [0.1, 0.15) is 24.3 Å². The van der Waals surface area contributed by atoms with E-state index in [1.165, 1.54) is 16.8 Å². The second-order valence-electron chi connectivity index (χ2n) is 7.11. The zero-order valence-electron chi connectivity index (χ0n) is 16.4. The van der Waals surface area contributed by atoms with Crippen molar-refractivity contribution in [3.8, 4) is 0 Å². The number of nitrogens with one attached hydrogen (secondary N) is 1.